The van der Waals surface area contributed by atoms with E-state index >= 15 is 0 Å². The van der Waals surface area contributed by atoms with Crippen LogP contribution in [0.1, 0.15) is 23.6 Å². The number of hydrogen-bond donors (Lipinski definition) is 1. The van der Waals surface area contributed by atoms with E-state index in [9.17, 15) is 22.8 Å². The summed E-state index contributed by atoms with van der Waals surface area (Å²) in [6, 6.07) is 9.34. The predicted molar refractivity (Wildman–Crippen MR) is 97.1 cm³/mol. The number of methoxy groups -OCH3 is 1. The number of ether oxygens (including phenoxy) is 2. The maximum Gasteiger partial charge on any atom is 0.416 e. The zero-order chi connectivity index (χ0) is 20.9. The average molecular weight is 395 g/mol. The van der Waals surface area contributed by atoms with Crippen molar-refractivity contribution in [2.75, 3.05) is 12.4 Å². The van der Waals surface area contributed by atoms with Crippen LogP contribution in [-0.2, 0) is 26.9 Å². The number of rotatable bonds is 6. The van der Waals surface area contributed by atoms with E-state index in [1.54, 1.807) is 12.1 Å². The molecule has 28 heavy (non-hydrogen) atoms. The predicted octanol–water partition coefficient (Wildman–Crippen LogP) is 4.14. The van der Waals surface area contributed by atoms with Crippen LogP contribution in [0, 0.1) is 6.92 Å². The van der Waals surface area contributed by atoms with Gasteiger partial charge in [-0.1, -0.05) is 17.7 Å². The van der Waals surface area contributed by atoms with Crippen molar-refractivity contribution in [3.8, 4) is 5.75 Å². The molecule has 1 N–H and O–H groups in total. The average Bonchev–Trinajstić information content (AvgIpc) is 2.61. The summed E-state index contributed by atoms with van der Waals surface area (Å²) in [5.74, 6) is -0.743. The lowest BCUT2D eigenvalue weighted by atomic mass is 10.1. The fraction of sp³-hybridized carbons (Fsp3) is 0.300. The summed E-state index contributed by atoms with van der Waals surface area (Å²) in [5, 5.41) is 2.41. The number of esters is 1. The fourth-order valence-corrected chi connectivity index (χ4v) is 2.48. The third kappa shape index (κ3) is 5.73. The lowest BCUT2D eigenvalue weighted by Crippen LogP contribution is -2.30. The van der Waals surface area contributed by atoms with E-state index in [4.69, 9.17) is 9.47 Å². The number of nitrogens with one attached hydrogen (secondary N) is 1. The van der Waals surface area contributed by atoms with Crippen molar-refractivity contribution in [1.82, 2.24) is 0 Å². The molecule has 5 nitrogen and oxygen atoms in total. The van der Waals surface area contributed by atoms with Gasteiger partial charge in [-0.25, -0.2) is 0 Å². The van der Waals surface area contributed by atoms with Gasteiger partial charge in [0.1, 0.15) is 5.75 Å². The van der Waals surface area contributed by atoms with Crippen LogP contribution in [0.2, 0.25) is 0 Å². The van der Waals surface area contributed by atoms with Crippen LogP contribution >= 0.6 is 0 Å². The second-order valence-electron chi connectivity index (χ2n) is 6.19. The maximum atomic E-state index is 12.6. The highest BCUT2D eigenvalue weighted by atomic mass is 19.4. The molecule has 0 aromatic heterocycles. The Morgan fingerprint density at radius 1 is 1.11 bits per heavy atom. The van der Waals surface area contributed by atoms with Gasteiger partial charge in [0.2, 0.25) is 0 Å². The number of aryl methyl sites for hydroxylation is 1. The summed E-state index contributed by atoms with van der Waals surface area (Å²) in [6.07, 6.45) is -5.66. The zero-order valence-corrected chi connectivity index (χ0v) is 15.6. The van der Waals surface area contributed by atoms with Crippen molar-refractivity contribution >= 4 is 17.6 Å². The largest absolute Gasteiger partial charge is 0.496 e. The van der Waals surface area contributed by atoms with Crippen molar-refractivity contribution in [3.63, 3.8) is 0 Å². The molecule has 8 heteroatoms. The first-order valence-corrected chi connectivity index (χ1v) is 8.41. The summed E-state index contributed by atoms with van der Waals surface area (Å²) in [5.41, 5.74) is 0.915. The fourth-order valence-electron chi connectivity index (χ4n) is 2.48. The molecule has 0 saturated carbocycles. The Morgan fingerprint density at radius 3 is 2.32 bits per heavy atom. The number of amides is 1. The van der Waals surface area contributed by atoms with E-state index in [1.165, 1.54) is 14.0 Å². The van der Waals surface area contributed by atoms with E-state index < -0.39 is 29.7 Å². The van der Waals surface area contributed by atoms with Gasteiger partial charge in [0.25, 0.3) is 5.91 Å². The minimum absolute atomic E-state index is 0.0806. The van der Waals surface area contributed by atoms with Gasteiger partial charge in [0, 0.05) is 11.3 Å². The molecule has 1 atom stereocenters. The van der Waals surface area contributed by atoms with Crippen LogP contribution in [-0.4, -0.2) is 25.1 Å². The molecule has 0 unspecified atom stereocenters. The van der Waals surface area contributed by atoms with Gasteiger partial charge in [-0.3, -0.25) is 9.59 Å². The molecule has 0 heterocycles. The molecule has 0 fully saturated rings. The molecule has 0 radical (unpaired) electrons. The highest BCUT2D eigenvalue weighted by Gasteiger charge is 2.30. The van der Waals surface area contributed by atoms with Crippen molar-refractivity contribution in [1.29, 1.82) is 0 Å². The maximum absolute atomic E-state index is 12.6. The molecule has 2 aromatic carbocycles. The lowest BCUT2D eigenvalue weighted by molar-refractivity contribution is -0.152. The van der Waals surface area contributed by atoms with Gasteiger partial charge >= 0.3 is 12.1 Å². The van der Waals surface area contributed by atoms with Gasteiger partial charge in [-0.2, -0.15) is 13.2 Å². The van der Waals surface area contributed by atoms with E-state index in [-0.39, 0.29) is 12.1 Å². The smallest absolute Gasteiger partial charge is 0.416 e. The molecule has 0 aliphatic carbocycles. The van der Waals surface area contributed by atoms with E-state index in [1.807, 2.05) is 13.0 Å². The molecule has 2 rings (SSSR count). The van der Waals surface area contributed by atoms with E-state index in [0.717, 1.165) is 29.8 Å². The van der Waals surface area contributed by atoms with Gasteiger partial charge < -0.3 is 14.8 Å². The summed E-state index contributed by atoms with van der Waals surface area (Å²) >= 11 is 0. The Balaban J connectivity index is 1.95. The van der Waals surface area contributed by atoms with Crippen LogP contribution in [0.15, 0.2) is 42.5 Å². The molecule has 0 saturated heterocycles. The van der Waals surface area contributed by atoms with Crippen molar-refractivity contribution in [2.45, 2.75) is 32.5 Å². The molecule has 0 aliphatic rings. The minimum Gasteiger partial charge on any atom is -0.496 e. The molecule has 1 amide bonds. The Bertz CT molecular complexity index is 848. The first kappa shape index (κ1) is 21.3. The molecular formula is C20H20F3NO4. The van der Waals surface area contributed by atoms with E-state index in [2.05, 4.69) is 5.32 Å². The second kappa shape index (κ2) is 8.77. The van der Waals surface area contributed by atoms with Crippen LogP contribution in [0.3, 0.4) is 0 Å². The Kier molecular flexibility index (Phi) is 6.66. The number of carbonyl (C=O) groups excluding carboxylic acids is 2. The molecule has 0 bridgehead atoms. The Morgan fingerprint density at radius 2 is 1.75 bits per heavy atom. The lowest BCUT2D eigenvalue weighted by Gasteiger charge is -2.15. The van der Waals surface area contributed by atoms with Crippen molar-refractivity contribution in [3.05, 3.63) is 59.2 Å². The summed E-state index contributed by atoms with van der Waals surface area (Å²) < 4.78 is 48.0. The van der Waals surface area contributed by atoms with Crippen LogP contribution in [0.4, 0.5) is 18.9 Å². The number of alkyl halides is 3. The summed E-state index contributed by atoms with van der Waals surface area (Å²) in [6.45, 7) is 3.25. The molecular weight excluding hydrogens is 375 g/mol. The third-order valence-corrected chi connectivity index (χ3v) is 3.93. The van der Waals surface area contributed by atoms with Crippen molar-refractivity contribution < 1.29 is 32.2 Å². The first-order valence-electron chi connectivity index (χ1n) is 8.41. The minimum atomic E-state index is -4.46. The van der Waals surface area contributed by atoms with E-state index in [0.29, 0.717) is 11.3 Å². The topological polar surface area (TPSA) is 64.6 Å². The summed E-state index contributed by atoms with van der Waals surface area (Å²) in [4.78, 5) is 24.3. The zero-order valence-electron chi connectivity index (χ0n) is 15.6. The summed E-state index contributed by atoms with van der Waals surface area (Å²) in [7, 11) is 1.49. The number of hydrogen-bond acceptors (Lipinski definition) is 4. The van der Waals surface area contributed by atoms with Crippen molar-refractivity contribution in [2.24, 2.45) is 0 Å². The monoisotopic (exact) mass is 395 g/mol. The van der Waals surface area contributed by atoms with Crippen LogP contribution < -0.4 is 10.1 Å². The molecule has 0 spiro atoms. The quantitative estimate of drug-likeness (QED) is 0.747. The molecule has 2 aromatic rings. The van der Waals surface area contributed by atoms with Crippen LogP contribution in [0.5, 0.6) is 5.75 Å². The van der Waals surface area contributed by atoms with Gasteiger partial charge in [0.15, 0.2) is 6.10 Å². The highest BCUT2D eigenvalue weighted by molar-refractivity contribution is 5.95. The third-order valence-electron chi connectivity index (χ3n) is 3.93. The molecule has 150 valence electrons. The Labute approximate surface area is 160 Å². The first-order chi connectivity index (χ1) is 13.1. The number of carbonyl (C=O) groups is 2. The number of halogens is 3. The highest BCUT2D eigenvalue weighted by Crippen LogP contribution is 2.29. The molecule has 0 aliphatic heterocycles. The second-order valence-corrected chi connectivity index (χ2v) is 6.19. The van der Waals surface area contributed by atoms with Gasteiger partial charge in [0.05, 0.1) is 19.1 Å². The standard InChI is InChI=1S/C20H20F3NO4/c1-12-4-9-17(27-3)14(10-12)11-18(25)28-13(2)19(26)24-16-7-5-15(6-8-16)20(21,22)23/h4-10,13H,11H2,1-3H3,(H,24,26)/t13-/m1/s1. The van der Waals surface area contributed by atoms with Crippen LogP contribution in [0.25, 0.3) is 0 Å². The number of benzene rings is 2. The Hall–Kier alpha value is -3.03. The van der Waals surface area contributed by atoms with Gasteiger partial charge in [-0.05, 0) is 44.2 Å². The SMILES string of the molecule is COc1ccc(C)cc1CC(=O)O[C@H](C)C(=O)Nc1ccc(C(F)(F)F)cc1. The normalized spacial score (nSPS) is 12.2. The number of anilines is 1. The van der Waals surface area contributed by atoms with Gasteiger partial charge in [-0.15, -0.1) is 0 Å².